The number of hydrogen-bond acceptors (Lipinski definition) is 6. The molecule has 1 aromatic heterocycles. The zero-order chi connectivity index (χ0) is 19.4. The zero-order valence-electron chi connectivity index (χ0n) is 15.7. The van der Waals surface area contributed by atoms with Gasteiger partial charge in [0.25, 0.3) is 0 Å². The summed E-state index contributed by atoms with van der Waals surface area (Å²) in [6, 6.07) is 3.98. The normalized spacial score (nSPS) is 19.5. The summed E-state index contributed by atoms with van der Waals surface area (Å²) >= 11 is 0. The standard InChI is InChI=1S/C19H24FN5O2/c1-25(2)19-22-10-12(11-23-19)9-21-16-6-7-17(26)24-18(16)14-8-13(27-3)4-5-15(14)20/h4-5,8,10-11,16,18,21H,6-7,9H2,1-3H3,(H,24,26)/t16-,18+/m1/s1. The van der Waals surface area contributed by atoms with Crippen molar-refractivity contribution in [2.24, 2.45) is 0 Å². The molecule has 0 aliphatic carbocycles. The molecule has 2 aromatic rings. The maximum Gasteiger partial charge on any atom is 0.224 e. The second-order valence-corrected chi connectivity index (χ2v) is 6.74. The average molecular weight is 373 g/mol. The van der Waals surface area contributed by atoms with Crippen molar-refractivity contribution in [3.05, 3.63) is 47.5 Å². The lowest BCUT2D eigenvalue weighted by Gasteiger charge is -2.33. The minimum Gasteiger partial charge on any atom is -0.497 e. The second kappa shape index (κ2) is 8.30. The van der Waals surface area contributed by atoms with Gasteiger partial charge in [0.1, 0.15) is 11.6 Å². The van der Waals surface area contributed by atoms with Crippen LogP contribution in [0.3, 0.4) is 0 Å². The summed E-state index contributed by atoms with van der Waals surface area (Å²) in [5, 5.41) is 6.30. The van der Waals surface area contributed by atoms with E-state index < -0.39 is 6.04 Å². The molecule has 0 saturated carbocycles. The van der Waals surface area contributed by atoms with Gasteiger partial charge in [-0.2, -0.15) is 0 Å². The number of ether oxygens (including phenoxy) is 1. The fourth-order valence-electron chi connectivity index (χ4n) is 3.12. The first kappa shape index (κ1) is 19.0. The molecule has 0 bridgehead atoms. The predicted octanol–water partition coefficient (Wildman–Crippen LogP) is 1.80. The summed E-state index contributed by atoms with van der Waals surface area (Å²) in [4.78, 5) is 22.3. The first-order chi connectivity index (χ1) is 13.0. The molecule has 1 fully saturated rings. The van der Waals surface area contributed by atoms with Gasteiger partial charge in [-0.25, -0.2) is 14.4 Å². The van der Waals surface area contributed by atoms with Crippen LogP contribution in [0.1, 0.15) is 30.0 Å². The van der Waals surface area contributed by atoms with Crippen LogP contribution < -0.4 is 20.3 Å². The Kier molecular flexibility index (Phi) is 5.85. The number of benzene rings is 1. The van der Waals surface area contributed by atoms with E-state index in [2.05, 4.69) is 20.6 Å². The third kappa shape index (κ3) is 4.51. The minimum atomic E-state index is -0.469. The largest absolute Gasteiger partial charge is 0.497 e. The van der Waals surface area contributed by atoms with Crippen molar-refractivity contribution in [1.82, 2.24) is 20.6 Å². The highest BCUT2D eigenvalue weighted by Crippen LogP contribution is 2.29. The number of amides is 1. The van der Waals surface area contributed by atoms with Crippen LogP contribution in [0.25, 0.3) is 0 Å². The van der Waals surface area contributed by atoms with Crippen LogP contribution >= 0.6 is 0 Å². The number of carbonyl (C=O) groups is 1. The van der Waals surface area contributed by atoms with E-state index in [9.17, 15) is 9.18 Å². The Morgan fingerprint density at radius 2 is 2.07 bits per heavy atom. The summed E-state index contributed by atoms with van der Waals surface area (Å²) in [7, 11) is 5.29. The molecule has 1 aliphatic rings. The second-order valence-electron chi connectivity index (χ2n) is 6.74. The fraction of sp³-hybridized carbons (Fsp3) is 0.421. The summed E-state index contributed by atoms with van der Waals surface area (Å²) < 4.78 is 19.6. The summed E-state index contributed by atoms with van der Waals surface area (Å²) in [6.07, 6.45) is 4.54. The number of carbonyl (C=O) groups excluding carboxylic acids is 1. The van der Waals surface area contributed by atoms with Crippen molar-refractivity contribution >= 4 is 11.9 Å². The lowest BCUT2D eigenvalue weighted by Crippen LogP contribution is -2.48. The van der Waals surface area contributed by atoms with E-state index in [1.54, 1.807) is 24.5 Å². The number of nitrogens with one attached hydrogen (secondary N) is 2. The Bertz CT molecular complexity index is 797. The molecule has 144 valence electrons. The van der Waals surface area contributed by atoms with Gasteiger partial charge in [-0.05, 0) is 24.6 Å². The van der Waals surface area contributed by atoms with Crippen LogP contribution in [0.5, 0.6) is 5.75 Å². The Balaban J connectivity index is 1.75. The smallest absolute Gasteiger partial charge is 0.224 e. The van der Waals surface area contributed by atoms with E-state index in [1.165, 1.54) is 13.2 Å². The molecule has 3 rings (SSSR count). The summed E-state index contributed by atoms with van der Waals surface area (Å²) in [5.41, 5.74) is 1.33. The Hall–Kier alpha value is -2.74. The zero-order valence-corrected chi connectivity index (χ0v) is 15.7. The van der Waals surface area contributed by atoms with Crippen molar-refractivity contribution < 1.29 is 13.9 Å². The number of methoxy groups -OCH3 is 1. The molecule has 1 aromatic carbocycles. The van der Waals surface area contributed by atoms with Gasteiger partial charge in [-0.15, -0.1) is 0 Å². The number of hydrogen-bond donors (Lipinski definition) is 2. The lowest BCUT2D eigenvalue weighted by molar-refractivity contribution is -0.123. The summed E-state index contributed by atoms with van der Waals surface area (Å²) in [6.45, 7) is 0.524. The van der Waals surface area contributed by atoms with Crippen molar-refractivity contribution in [3.63, 3.8) is 0 Å². The van der Waals surface area contributed by atoms with E-state index in [-0.39, 0.29) is 17.8 Å². The van der Waals surface area contributed by atoms with Crippen LogP contribution in [-0.4, -0.2) is 43.1 Å². The lowest BCUT2D eigenvalue weighted by atomic mass is 9.91. The van der Waals surface area contributed by atoms with Gasteiger partial charge >= 0.3 is 0 Å². The monoisotopic (exact) mass is 373 g/mol. The number of piperidine rings is 1. The van der Waals surface area contributed by atoms with Gasteiger partial charge in [-0.1, -0.05) is 0 Å². The van der Waals surface area contributed by atoms with Crippen LogP contribution in [0.2, 0.25) is 0 Å². The van der Waals surface area contributed by atoms with E-state index in [0.29, 0.717) is 36.6 Å². The Morgan fingerprint density at radius 3 is 2.74 bits per heavy atom. The maximum atomic E-state index is 14.4. The van der Waals surface area contributed by atoms with Crippen molar-refractivity contribution in [2.45, 2.75) is 31.5 Å². The van der Waals surface area contributed by atoms with Gasteiger partial charge in [0.2, 0.25) is 11.9 Å². The first-order valence-electron chi connectivity index (χ1n) is 8.82. The number of halogens is 1. The summed E-state index contributed by atoms with van der Waals surface area (Å²) in [5.74, 6) is 0.741. The molecule has 0 unspecified atom stereocenters. The average Bonchev–Trinajstić information content (AvgIpc) is 2.67. The molecule has 7 nitrogen and oxygen atoms in total. The van der Waals surface area contributed by atoms with Gasteiger partial charge in [0, 0.05) is 56.6 Å². The van der Waals surface area contributed by atoms with E-state index in [0.717, 1.165) is 5.56 Å². The molecule has 1 aliphatic heterocycles. The third-order valence-corrected chi connectivity index (χ3v) is 4.60. The molecular formula is C19H24FN5O2. The van der Waals surface area contributed by atoms with E-state index >= 15 is 0 Å². The molecule has 27 heavy (non-hydrogen) atoms. The van der Waals surface area contributed by atoms with Gasteiger partial charge in [0.05, 0.1) is 13.2 Å². The highest BCUT2D eigenvalue weighted by atomic mass is 19.1. The molecule has 0 spiro atoms. The predicted molar refractivity (Wildman–Crippen MR) is 100 cm³/mol. The van der Waals surface area contributed by atoms with E-state index in [4.69, 9.17) is 4.74 Å². The molecule has 1 saturated heterocycles. The van der Waals surface area contributed by atoms with Crippen LogP contribution in [0.15, 0.2) is 30.6 Å². The van der Waals surface area contributed by atoms with Gasteiger partial charge < -0.3 is 20.3 Å². The SMILES string of the molecule is COc1ccc(F)c([C@@H]2NC(=O)CC[C@H]2NCc2cnc(N(C)C)nc2)c1. The van der Waals surface area contributed by atoms with E-state index in [1.807, 2.05) is 19.0 Å². The van der Waals surface area contributed by atoms with Crippen molar-refractivity contribution in [3.8, 4) is 5.75 Å². The molecule has 8 heteroatoms. The van der Waals surface area contributed by atoms with Crippen LogP contribution in [0, 0.1) is 5.82 Å². The minimum absolute atomic E-state index is 0.0843. The molecular weight excluding hydrogens is 349 g/mol. The maximum absolute atomic E-state index is 14.4. The Labute approximate surface area is 158 Å². The highest BCUT2D eigenvalue weighted by Gasteiger charge is 2.31. The van der Waals surface area contributed by atoms with Crippen LogP contribution in [-0.2, 0) is 11.3 Å². The first-order valence-corrected chi connectivity index (χ1v) is 8.82. The van der Waals surface area contributed by atoms with Crippen LogP contribution in [0.4, 0.5) is 10.3 Å². The number of anilines is 1. The number of rotatable bonds is 6. The number of aromatic nitrogens is 2. The Morgan fingerprint density at radius 1 is 1.33 bits per heavy atom. The molecule has 2 heterocycles. The fourth-order valence-corrected chi connectivity index (χ4v) is 3.12. The quantitative estimate of drug-likeness (QED) is 0.804. The molecule has 0 radical (unpaired) electrons. The molecule has 1 amide bonds. The van der Waals surface area contributed by atoms with Crippen molar-refractivity contribution in [2.75, 3.05) is 26.1 Å². The van der Waals surface area contributed by atoms with Crippen molar-refractivity contribution in [1.29, 1.82) is 0 Å². The molecule has 2 N–H and O–H groups in total. The van der Waals surface area contributed by atoms with Gasteiger partial charge in [-0.3, -0.25) is 4.79 Å². The highest BCUT2D eigenvalue weighted by molar-refractivity contribution is 5.77. The topological polar surface area (TPSA) is 79.4 Å². The molecule has 2 atom stereocenters. The van der Waals surface area contributed by atoms with Gasteiger partial charge in [0.15, 0.2) is 0 Å². The number of nitrogens with zero attached hydrogens (tertiary/aromatic N) is 3. The third-order valence-electron chi connectivity index (χ3n) is 4.60.